The van der Waals surface area contributed by atoms with E-state index in [1.54, 1.807) is 30.3 Å². The van der Waals surface area contributed by atoms with Crippen LogP contribution in [-0.2, 0) is 0 Å². The lowest BCUT2D eigenvalue weighted by Gasteiger charge is -2.05. The van der Waals surface area contributed by atoms with Gasteiger partial charge in [0.15, 0.2) is 5.78 Å². The summed E-state index contributed by atoms with van der Waals surface area (Å²) in [4.78, 5) is 27.1. The molecule has 0 aliphatic rings. The number of ketones is 1. The van der Waals surface area contributed by atoms with Gasteiger partial charge < -0.3 is 5.32 Å². The highest BCUT2D eigenvalue weighted by atomic mass is 35.5. The Labute approximate surface area is 115 Å². The Bertz CT molecular complexity index is 624. The number of nitrogens with zero attached hydrogens (tertiary/aromatic N) is 1. The number of anilines is 1. The summed E-state index contributed by atoms with van der Waals surface area (Å²) >= 11 is 5.70. The third kappa shape index (κ3) is 3.39. The molecule has 0 unspecified atom stereocenters. The second kappa shape index (κ2) is 5.63. The maximum atomic E-state index is 11.9. The maximum Gasteiger partial charge on any atom is 0.274 e. The quantitative estimate of drug-likeness (QED) is 0.875. The number of Topliss-reactive ketones (excluding diaryl/α,β-unsaturated/α-hetero) is 1. The Kier molecular flexibility index (Phi) is 3.92. The minimum absolute atomic E-state index is 0.0549. The fourth-order valence-electron chi connectivity index (χ4n) is 1.52. The molecule has 1 aromatic carbocycles. The SMILES string of the molecule is CC(=O)c1cccc(NC(=O)c2ccc(Cl)cn2)c1. The fraction of sp³-hybridized carbons (Fsp3) is 0.0714. The number of benzene rings is 1. The van der Waals surface area contributed by atoms with E-state index >= 15 is 0 Å². The van der Waals surface area contributed by atoms with Gasteiger partial charge in [-0.2, -0.15) is 0 Å². The summed E-state index contributed by atoms with van der Waals surface area (Å²) in [5.41, 5.74) is 1.36. The smallest absolute Gasteiger partial charge is 0.274 e. The third-order valence-corrected chi connectivity index (χ3v) is 2.71. The van der Waals surface area contributed by atoms with Gasteiger partial charge in [0, 0.05) is 17.4 Å². The maximum absolute atomic E-state index is 11.9. The second-order valence-corrected chi connectivity index (χ2v) is 4.39. The molecule has 1 aromatic heterocycles. The average Bonchev–Trinajstić information content (AvgIpc) is 2.39. The van der Waals surface area contributed by atoms with Gasteiger partial charge in [-0.15, -0.1) is 0 Å². The van der Waals surface area contributed by atoms with Crippen LogP contribution in [-0.4, -0.2) is 16.7 Å². The van der Waals surface area contributed by atoms with Crippen LogP contribution in [0.25, 0.3) is 0 Å². The normalized spacial score (nSPS) is 10.0. The Morgan fingerprint density at radius 3 is 2.63 bits per heavy atom. The molecule has 2 rings (SSSR count). The number of nitrogens with one attached hydrogen (secondary N) is 1. The molecule has 0 radical (unpaired) electrons. The minimum Gasteiger partial charge on any atom is -0.321 e. The molecule has 19 heavy (non-hydrogen) atoms. The van der Waals surface area contributed by atoms with Crippen molar-refractivity contribution in [2.45, 2.75) is 6.92 Å². The van der Waals surface area contributed by atoms with Gasteiger partial charge in [0.05, 0.1) is 5.02 Å². The Morgan fingerprint density at radius 2 is 2.00 bits per heavy atom. The molecule has 0 bridgehead atoms. The minimum atomic E-state index is -0.350. The first-order chi connectivity index (χ1) is 9.06. The molecule has 0 atom stereocenters. The number of hydrogen-bond acceptors (Lipinski definition) is 3. The van der Waals surface area contributed by atoms with E-state index in [2.05, 4.69) is 10.3 Å². The van der Waals surface area contributed by atoms with E-state index in [1.807, 2.05) is 0 Å². The van der Waals surface area contributed by atoms with Crippen LogP contribution < -0.4 is 5.32 Å². The highest BCUT2D eigenvalue weighted by molar-refractivity contribution is 6.30. The molecular formula is C14H11ClN2O2. The first-order valence-electron chi connectivity index (χ1n) is 5.60. The lowest BCUT2D eigenvalue weighted by molar-refractivity contribution is 0.100. The number of rotatable bonds is 3. The van der Waals surface area contributed by atoms with Crippen molar-refractivity contribution in [1.82, 2.24) is 4.98 Å². The highest BCUT2D eigenvalue weighted by Crippen LogP contribution is 2.13. The first kappa shape index (κ1) is 13.2. The van der Waals surface area contributed by atoms with Crippen LogP contribution in [0.4, 0.5) is 5.69 Å². The molecule has 1 amide bonds. The Balaban J connectivity index is 2.17. The van der Waals surface area contributed by atoms with Gasteiger partial charge in [-0.25, -0.2) is 4.98 Å². The number of halogens is 1. The highest BCUT2D eigenvalue weighted by Gasteiger charge is 2.08. The Morgan fingerprint density at radius 1 is 1.21 bits per heavy atom. The van der Waals surface area contributed by atoms with Gasteiger partial charge in [-0.3, -0.25) is 9.59 Å². The summed E-state index contributed by atoms with van der Waals surface area (Å²) in [5, 5.41) is 3.14. The first-order valence-corrected chi connectivity index (χ1v) is 5.98. The van der Waals surface area contributed by atoms with Crippen LogP contribution in [0.2, 0.25) is 5.02 Å². The summed E-state index contributed by atoms with van der Waals surface area (Å²) in [6, 6.07) is 9.86. The van der Waals surface area contributed by atoms with Crippen molar-refractivity contribution in [1.29, 1.82) is 0 Å². The summed E-state index contributed by atoms with van der Waals surface area (Å²) < 4.78 is 0. The van der Waals surface area contributed by atoms with Gasteiger partial charge in [-0.05, 0) is 31.2 Å². The zero-order chi connectivity index (χ0) is 13.8. The third-order valence-electron chi connectivity index (χ3n) is 2.49. The molecule has 0 aliphatic carbocycles. The second-order valence-electron chi connectivity index (χ2n) is 3.95. The van der Waals surface area contributed by atoms with Gasteiger partial charge >= 0.3 is 0 Å². The molecule has 4 nitrogen and oxygen atoms in total. The van der Waals surface area contributed by atoms with Gasteiger partial charge in [0.1, 0.15) is 5.69 Å². The van der Waals surface area contributed by atoms with E-state index in [-0.39, 0.29) is 17.4 Å². The zero-order valence-electron chi connectivity index (χ0n) is 10.2. The van der Waals surface area contributed by atoms with Crippen LogP contribution in [0.1, 0.15) is 27.8 Å². The number of carbonyl (C=O) groups excluding carboxylic acids is 2. The predicted octanol–water partition coefficient (Wildman–Crippen LogP) is 3.19. The van der Waals surface area contributed by atoms with E-state index in [0.717, 1.165) is 0 Å². The molecule has 1 heterocycles. The Hall–Kier alpha value is -2.20. The lowest BCUT2D eigenvalue weighted by Crippen LogP contribution is -2.13. The molecule has 0 spiro atoms. The molecule has 0 saturated carbocycles. The van der Waals surface area contributed by atoms with Crippen molar-refractivity contribution in [2.75, 3.05) is 5.32 Å². The van der Waals surface area contributed by atoms with Crippen molar-refractivity contribution in [3.05, 3.63) is 58.9 Å². The molecule has 2 aromatic rings. The molecule has 0 fully saturated rings. The molecule has 96 valence electrons. The van der Waals surface area contributed by atoms with Crippen molar-refractivity contribution in [3.63, 3.8) is 0 Å². The van der Waals surface area contributed by atoms with E-state index in [4.69, 9.17) is 11.6 Å². The number of amides is 1. The molecular weight excluding hydrogens is 264 g/mol. The van der Waals surface area contributed by atoms with E-state index in [0.29, 0.717) is 16.3 Å². The predicted molar refractivity (Wildman–Crippen MR) is 73.6 cm³/mol. The molecule has 5 heteroatoms. The molecule has 0 aliphatic heterocycles. The summed E-state index contributed by atoms with van der Waals surface area (Å²) in [6.45, 7) is 1.47. The summed E-state index contributed by atoms with van der Waals surface area (Å²) in [5.74, 6) is -0.405. The number of hydrogen-bond donors (Lipinski definition) is 1. The summed E-state index contributed by atoms with van der Waals surface area (Å²) in [6.07, 6.45) is 1.41. The van der Waals surface area contributed by atoms with Crippen LogP contribution in [0.5, 0.6) is 0 Å². The zero-order valence-corrected chi connectivity index (χ0v) is 10.9. The average molecular weight is 275 g/mol. The monoisotopic (exact) mass is 274 g/mol. The van der Waals surface area contributed by atoms with Crippen molar-refractivity contribution in [2.24, 2.45) is 0 Å². The van der Waals surface area contributed by atoms with E-state index < -0.39 is 0 Å². The van der Waals surface area contributed by atoms with Gasteiger partial charge in [0.25, 0.3) is 5.91 Å². The lowest BCUT2D eigenvalue weighted by atomic mass is 10.1. The van der Waals surface area contributed by atoms with E-state index in [9.17, 15) is 9.59 Å². The number of aromatic nitrogens is 1. The van der Waals surface area contributed by atoms with Crippen LogP contribution in [0.15, 0.2) is 42.6 Å². The topological polar surface area (TPSA) is 59.1 Å². The largest absolute Gasteiger partial charge is 0.321 e. The van der Waals surface area contributed by atoms with Crippen molar-refractivity contribution >= 4 is 29.0 Å². The molecule has 1 N–H and O–H groups in total. The molecule has 0 saturated heterocycles. The van der Waals surface area contributed by atoms with E-state index in [1.165, 1.54) is 19.2 Å². The van der Waals surface area contributed by atoms with Crippen LogP contribution >= 0.6 is 11.6 Å². The van der Waals surface area contributed by atoms with Crippen molar-refractivity contribution in [3.8, 4) is 0 Å². The van der Waals surface area contributed by atoms with Crippen LogP contribution in [0.3, 0.4) is 0 Å². The van der Waals surface area contributed by atoms with Crippen molar-refractivity contribution < 1.29 is 9.59 Å². The number of pyridine rings is 1. The van der Waals surface area contributed by atoms with Gasteiger partial charge in [0.2, 0.25) is 0 Å². The summed E-state index contributed by atoms with van der Waals surface area (Å²) in [7, 11) is 0. The van der Waals surface area contributed by atoms with Gasteiger partial charge in [-0.1, -0.05) is 23.7 Å². The standard InChI is InChI=1S/C14H11ClN2O2/c1-9(18)10-3-2-4-12(7-10)17-14(19)13-6-5-11(15)8-16-13/h2-8H,1H3,(H,17,19). The van der Waals surface area contributed by atoms with Crippen LogP contribution in [0, 0.1) is 0 Å². The fourth-order valence-corrected chi connectivity index (χ4v) is 1.63. The number of carbonyl (C=O) groups is 2.